The number of fused-ring (bicyclic) bond motifs is 1. The van der Waals surface area contributed by atoms with Gasteiger partial charge in [0, 0.05) is 31.1 Å². The lowest BCUT2D eigenvalue weighted by Gasteiger charge is -2.39. The number of carbonyl (C=O) groups excluding carboxylic acids is 3. The summed E-state index contributed by atoms with van der Waals surface area (Å²) >= 11 is 0. The van der Waals surface area contributed by atoms with Crippen molar-refractivity contribution in [3.63, 3.8) is 0 Å². The van der Waals surface area contributed by atoms with Crippen LogP contribution in [-0.2, 0) is 19.1 Å². The predicted molar refractivity (Wildman–Crippen MR) is 64.8 cm³/mol. The van der Waals surface area contributed by atoms with Crippen molar-refractivity contribution in [2.45, 2.75) is 45.4 Å². The Morgan fingerprint density at radius 1 is 1.39 bits per heavy atom. The topological polar surface area (TPSA) is 60.4 Å². The predicted octanol–water partition coefficient (Wildman–Crippen LogP) is 1.90. The van der Waals surface area contributed by atoms with E-state index >= 15 is 0 Å². The first-order valence-corrected chi connectivity index (χ1v) is 6.60. The van der Waals surface area contributed by atoms with E-state index in [0.717, 1.165) is 6.42 Å². The van der Waals surface area contributed by atoms with Crippen LogP contribution in [0.2, 0.25) is 0 Å². The largest absolute Gasteiger partial charge is 0.469 e. The van der Waals surface area contributed by atoms with E-state index in [2.05, 4.69) is 11.7 Å². The van der Waals surface area contributed by atoms with E-state index in [1.807, 2.05) is 0 Å². The summed E-state index contributed by atoms with van der Waals surface area (Å²) in [5.41, 5.74) is -0.558. The van der Waals surface area contributed by atoms with E-state index < -0.39 is 5.41 Å². The van der Waals surface area contributed by atoms with Crippen molar-refractivity contribution in [1.29, 1.82) is 0 Å². The second kappa shape index (κ2) is 4.82. The molecule has 2 rings (SSSR count). The Hall–Kier alpha value is -1.19. The van der Waals surface area contributed by atoms with E-state index in [4.69, 9.17) is 0 Å². The average Bonchev–Trinajstić information content (AvgIpc) is 2.63. The maximum absolute atomic E-state index is 12.4. The molecule has 0 N–H and O–H groups in total. The molecule has 0 saturated heterocycles. The van der Waals surface area contributed by atoms with Crippen molar-refractivity contribution in [1.82, 2.24) is 0 Å². The lowest BCUT2D eigenvalue weighted by molar-refractivity contribution is -0.144. The van der Waals surface area contributed by atoms with Crippen molar-refractivity contribution in [3.05, 3.63) is 0 Å². The van der Waals surface area contributed by atoms with E-state index in [9.17, 15) is 14.4 Å². The van der Waals surface area contributed by atoms with E-state index in [1.165, 1.54) is 7.11 Å². The van der Waals surface area contributed by atoms with Crippen LogP contribution in [0.1, 0.15) is 45.4 Å². The third-order valence-corrected chi connectivity index (χ3v) is 4.55. The molecule has 2 fully saturated rings. The van der Waals surface area contributed by atoms with Gasteiger partial charge < -0.3 is 4.74 Å². The van der Waals surface area contributed by atoms with Gasteiger partial charge in [-0.2, -0.15) is 0 Å². The van der Waals surface area contributed by atoms with Crippen LogP contribution >= 0.6 is 0 Å². The fourth-order valence-corrected chi connectivity index (χ4v) is 3.62. The van der Waals surface area contributed by atoms with Gasteiger partial charge >= 0.3 is 5.97 Å². The summed E-state index contributed by atoms with van der Waals surface area (Å²) in [7, 11) is 1.35. The molecule has 18 heavy (non-hydrogen) atoms. The molecule has 100 valence electrons. The monoisotopic (exact) mass is 252 g/mol. The second-order valence-electron chi connectivity index (χ2n) is 5.82. The van der Waals surface area contributed by atoms with Crippen LogP contribution in [0, 0.1) is 17.3 Å². The van der Waals surface area contributed by atoms with Crippen molar-refractivity contribution in [2.24, 2.45) is 17.3 Å². The van der Waals surface area contributed by atoms with Gasteiger partial charge in [-0.05, 0) is 24.7 Å². The van der Waals surface area contributed by atoms with Gasteiger partial charge in [0.2, 0.25) is 0 Å². The number of ether oxygens (including phenoxy) is 1. The first kappa shape index (κ1) is 13.2. The molecule has 0 aromatic carbocycles. The Morgan fingerprint density at radius 2 is 2.11 bits per heavy atom. The van der Waals surface area contributed by atoms with Gasteiger partial charge in [-0.3, -0.25) is 14.4 Å². The standard InChI is InChI=1S/C14H20O4/c1-9-5-10-7-11(15)8-14(10,12(16)6-9)4-3-13(17)18-2/h9-10H,3-8H2,1-2H3/t9?,10-,14+/m0/s1. The summed E-state index contributed by atoms with van der Waals surface area (Å²) in [6.07, 6.45) is 3.03. The van der Waals surface area contributed by atoms with Crippen LogP contribution in [0.5, 0.6) is 0 Å². The van der Waals surface area contributed by atoms with Crippen molar-refractivity contribution >= 4 is 17.5 Å². The molecule has 4 heteroatoms. The van der Waals surface area contributed by atoms with Gasteiger partial charge in [0.05, 0.1) is 7.11 Å². The summed E-state index contributed by atoms with van der Waals surface area (Å²) < 4.78 is 4.63. The molecule has 2 aliphatic carbocycles. The molecule has 0 bridgehead atoms. The van der Waals surface area contributed by atoms with Crippen LogP contribution in [0.25, 0.3) is 0 Å². The lowest BCUT2D eigenvalue weighted by Crippen LogP contribution is -2.41. The number of hydrogen-bond donors (Lipinski definition) is 0. The molecule has 2 aliphatic rings. The molecule has 0 heterocycles. The highest BCUT2D eigenvalue weighted by atomic mass is 16.5. The zero-order valence-corrected chi connectivity index (χ0v) is 11.0. The number of methoxy groups -OCH3 is 1. The minimum absolute atomic E-state index is 0.144. The number of rotatable bonds is 3. The van der Waals surface area contributed by atoms with Crippen molar-refractivity contribution in [2.75, 3.05) is 7.11 Å². The first-order chi connectivity index (χ1) is 8.48. The molecular formula is C14H20O4. The normalized spacial score (nSPS) is 35.4. The molecule has 0 aliphatic heterocycles. The first-order valence-electron chi connectivity index (χ1n) is 6.60. The number of hydrogen-bond acceptors (Lipinski definition) is 4. The summed E-state index contributed by atoms with van der Waals surface area (Å²) in [6.45, 7) is 2.06. The molecular weight excluding hydrogens is 232 g/mol. The van der Waals surface area contributed by atoms with Crippen LogP contribution in [0.4, 0.5) is 0 Å². The lowest BCUT2D eigenvalue weighted by atomic mass is 9.62. The minimum Gasteiger partial charge on any atom is -0.469 e. The highest BCUT2D eigenvalue weighted by Crippen LogP contribution is 2.52. The van der Waals surface area contributed by atoms with Crippen LogP contribution < -0.4 is 0 Å². The maximum Gasteiger partial charge on any atom is 0.305 e. The zero-order chi connectivity index (χ0) is 13.3. The van der Waals surface area contributed by atoms with E-state index in [1.54, 1.807) is 0 Å². The molecule has 0 radical (unpaired) electrons. The Morgan fingerprint density at radius 3 is 2.78 bits per heavy atom. The Labute approximate surface area is 107 Å². The van der Waals surface area contributed by atoms with Crippen LogP contribution in [0.15, 0.2) is 0 Å². The van der Waals surface area contributed by atoms with Crippen molar-refractivity contribution in [3.8, 4) is 0 Å². The summed E-state index contributed by atoms with van der Waals surface area (Å²) in [5.74, 6) is 0.563. The van der Waals surface area contributed by atoms with Crippen LogP contribution in [-0.4, -0.2) is 24.6 Å². The SMILES string of the molecule is COC(=O)CC[C@@]12CC(=O)C[C@@H]1CC(C)CC2=O. The molecule has 0 aromatic rings. The number of ketones is 2. The highest BCUT2D eigenvalue weighted by molar-refractivity contribution is 5.96. The second-order valence-corrected chi connectivity index (χ2v) is 5.82. The quantitative estimate of drug-likeness (QED) is 0.720. The Kier molecular flexibility index (Phi) is 3.55. The van der Waals surface area contributed by atoms with Gasteiger partial charge in [-0.25, -0.2) is 0 Å². The Balaban J connectivity index is 2.17. The smallest absolute Gasteiger partial charge is 0.305 e. The average molecular weight is 252 g/mol. The molecule has 4 nitrogen and oxygen atoms in total. The third-order valence-electron chi connectivity index (χ3n) is 4.55. The summed E-state index contributed by atoms with van der Waals surface area (Å²) in [5, 5.41) is 0. The molecule has 2 saturated carbocycles. The van der Waals surface area contributed by atoms with Gasteiger partial charge in [-0.1, -0.05) is 6.92 Å². The van der Waals surface area contributed by atoms with Gasteiger partial charge in [0.25, 0.3) is 0 Å². The number of Topliss-reactive ketones (excluding diaryl/α,β-unsaturated/α-hetero) is 2. The zero-order valence-electron chi connectivity index (χ0n) is 11.0. The minimum atomic E-state index is -0.558. The van der Waals surface area contributed by atoms with Gasteiger partial charge in [0.1, 0.15) is 11.6 Å². The molecule has 1 unspecified atom stereocenters. The van der Waals surface area contributed by atoms with E-state index in [0.29, 0.717) is 31.6 Å². The number of esters is 1. The third kappa shape index (κ3) is 2.20. The van der Waals surface area contributed by atoms with Gasteiger partial charge in [-0.15, -0.1) is 0 Å². The van der Waals surface area contributed by atoms with Crippen LogP contribution in [0.3, 0.4) is 0 Å². The summed E-state index contributed by atoms with van der Waals surface area (Å²) in [6, 6.07) is 0. The fraction of sp³-hybridized carbons (Fsp3) is 0.786. The highest BCUT2D eigenvalue weighted by Gasteiger charge is 2.54. The molecule has 0 spiro atoms. The maximum atomic E-state index is 12.4. The molecule has 0 amide bonds. The Bertz CT molecular complexity index is 387. The molecule has 0 aromatic heterocycles. The molecule has 3 atom stereocenters. The fourth-order valence-electron chi connectivity index (χ4n) is 3.62. The summed E-state index contributed by atoms with van der Waals surface area (Å²) in [4.78, 5) is 35.3. The van der Waals surface area contributed by atoms with E-state index in [-0.39, 0.29) is 29.9 Å². The van der Waals surface area contributed by atoms with Gasteiger partial charge in [0.15, 0.2) is 0 Å². The van der Waals surface area contributed by atoms with Crippen molar-refractivity contribution < 1.29 is 19.1 Å². The number of carbonyl (C=O) groups is 3.